The first-order chi connectivity index (χ1) is 10.9. The number of piperidine rings is 1. The second-order valence-corrected chi connectivity index (χ2v) is 7.64. The molecule has 6 heteroatoms. The lowest BCUT2D eigenvalue weighted by atomic mass is 9.97. The van der Waals surface area contributed by atoms with E-state index in [1.54, 1.807) is 41.5 Å². The van der Waals surface area contributed by atoms with Gasteiger partial charge in [0.15, 0.2) is 0 Å². The van der Waals surface area contributed by atoms with Crippen LogP contribution in [0.5, 0.6) is 0 Å². The molecule has 1 amide bonds. The van der Waals surface area contributed by atoms with Crippen molar-refractivity contribution in [2.24, 2.45) is 5.41 Å². The fourth-order valence-electron chi connectivity index (χ4n) is 2.03. The van der Waals surface area contributed by atoms with Gasteiger partial charge >= 0.3 is 18.0 Å². The number of hydrogen-bond acceptors (Lipinski definition) is 5. The average molecular weight is 343 g/mol. The quantitative estimate of drug-likeness (QED) is 0.533. The van der Waals surface area contributed by atoms with Gasteiger partial charge in [-0.25, -0.2) is 9.59 Å². The smallest absolute Gasteiger partial charge is 0.411 e. The van der Waals surface area contributed by atoms with E-state index >= 15 is 0 Å². The van der Waals surface area contributed by atoms with E-state index in [4.69, 9.17) is 9.47 Å². The molecule has 1 aliphatic rings. The summed E-state index contributed by atoms with van der Waals surface area (Å²) in [5, 5.41) is 0. The summed E-state index contributed by atoms with van der Waals surface area (Å²) in [5.41, 5.74) is -1.40. The summed E-state index contributed by atoms with van der Waals surface area (Å²) in [6, 6.07) is -0.755. The molecule has 140 valence electrons. The number of hydrogen-bond donors (Lipinski definition) is 0. The Balaban J connectivity index is 0.00000254. The van der Waals surface area contributed by atoms with Crippen LogP contribution in [0.2, 0.25) is 0 Å². The highest BCUT2D eigenvalue weighted by Crippen LogP contribution is 2.23. The zero-order valence-corrected chi connectivity index (χ0v) is 16.4. The first-order valence-electron chi connectivity index (χ1n) is 8.67. The predicted octanol–water partition coefficient (Wildman–Crippen LogP) is 3.92. The van der Waals surface area contributed by atoms with Crippen LogP contribution in [0.25, 0.3) is 0 Å². The van der Waals surface area contributed by atoms with Crippen LogP contribution in [0.3, 0.4) is 0 Å². The number of carbonyl (C=O) groups excluding carboxylic acids is 3. The van der Waals surface area contributed by atoms with E-state index in [-0.39, 0.29) is 0 Å². The zero-order chi connectivity index (χ0) is 19.1. The number of rotatable bonds is 1. The molecule has 0 spiro atoms. The third kappa shape index (κ3) is 7.32. The van der Waals surface area contributed by atoms with Gasteiger partial charge in [-0.15, -0.1) is 0 Å². The Kier molecular flexibility index (Phi) is 8.44. The normalized spacial score (nSPS) is 18.2. The van der Waals surface area contributed by atoms with Gasteiger partial charge in [0, 0.05) is 6.54 Å². The van der Waals surface area contributed by atoms with Crippen molar-refractivity contribution in [3.63, 3.8) is 0 Å². The topological polar surface area (TPSA) is 72.9 Å². The highest BCUT2D eigenvalue weighted by molar-refractivity contribution is 5.92. The van der Waals surface area contributed by atoms with Crippen LogP contribution >= 0.6 is 0 Å². The minimum absolute atomic E-state index is 0.429. The lowest BCUT2D eigenvalue weighted by Gasteiger charge is -2.35. The van der Waals surface area contributed by atoms with E-state index in [1.807, 2.05) is 13.8 Å². The van der Waals surface area contributed by atoms with E-state index in [2.05, 4.69) is 0 Å². The molecule has 1 rings (SSSR count). The minimum Gasteiger partial charge on any atom is -0.444 e. The second kappa shape index (κ2) is 9.04. The van der Waals surface area contributed by atoms with Gasteiger partial charge in [-0.1, -0.05) is 13.8 Å². The Morgan fingerprint density at radius 3 is 1.96 bits per heavy atom. The van der Waals surface area contributed by atoms with Crippen LogP contribution in [0, 0.1) is 5.41 Å². The Bertz CT molecular complexity index is 445. The van der Waals surface area contributed by atoms with Crippen molar-refractivity contribution in [1.82, 2.24) is 4.90 Å². The van der Waals surface area contributed by atoms with Crippen molar-refractivity contribution in [3.8, 4) is 0 Å². The van der Waals surface area contributed by atoms with Gasteiger partial charge in [-0.05, 0) is 60.8 Å². The third-order valence-electron chi connectivity index (χ3n) is 3.21. The molecule has 0 bridgehead atoms. The lowest BCUT2D eigenvalue weighted by molar-refractivity contribution is -0.169. The summed E-state index contributed by atoms with van der Waals surface area (Å²) in [5.74, 6) is -1.27. The number of carbonyl (C=O) groups is 3. The number of esters is 2. The maximum atomic E-state index is 12.2. The molecule has 0 radical (unpaired) electrons. The summed E-state index contributed by atoms with van der Waals surface area (Å²) < 4.78 is 10.3. The molecule has 1 heterocycles. The first-order valence-corrected chi connectivity index (χ1v) is 8.67. The predicted molar refractivity (Wildman–Crippen MR) is 92.5 cm³/mol. The van der Waals surface area contributed by atoms with Crippen molar-refractivity contribution in [1.29, 1.82) is 0 Å². The third-order valence-corrected chi connectivity index (χ3v) is 3.21. The first kappa shape index (κ1) is 22.4. The number of likely N-dealkylation sites (tertiary alicyclic amines) is 1. The van der Waals surface area contributed by atoms with Crippen LogP contribution < -0.4 is 0 Å². The van der Waals surface area contributed by atoms with Crippen molar-refractivity contribution in [2.75, 3.05) is 6.54 Å². The van der Waals surface area contributed by atoms with Crippen LogP contribution in [-0.2, 0) is 19.1 Å². The average Bonchev–Trinajstić information content (AvgIpc) is 2.46. The zero-order valence-electron chi connectivity index (χ0n) is 16.4. The molecule has 0 aromatic carbocycles. The molecule has 24 heavy (non-hydrogen) atoms. The maximum absolute atomic E-state index is 12.2. The summed E-state index contributed by atoms with van der Waals surface area (Å²) >= 11 is 0. The van der Waals surface area contributed by atoms with Crippen molar-refractivity contribution < 1.29 is 23.9 Å². The Morgan fingerprint density at radius 2 is 1.50 bits per heavy atom. The van der Waals surface area contributed by atoms with E-state index in [0.29, 0.717) is 13.0 Å². The molecule has 0 aliphatic carbocycles. The van der Waals surface area contributed by atoms with E-state index < -0.39 is 35.1 Å². The van der Waals surface area contributed by atoms with E-state index in [9.17, 15) is 14.4 Å². The molecule has 0 aromatic heterocycles. The highest BCUT2D eigenvalue weighted by atomic mass is 16.6. The van der Waals surface area contributed by atoms with Gasteiger partial charge in [-0.3, -0.25) is 9.69 Å². The van der Waals surface area contributed by atoms with Gasteiger partial charge < -0.3 is 9.47 Å². The number of nitrogens with zero attached hydrogens (tertiary/aromatic N) is 1. The molecule has 1 fully saturated rings. The van der Waals surface area contributed by atoms with Crippen LogP contribution in [0.4, 0.5) is 4.79 Å². The van der Waals surface area contributed by atoms with E-state index in [1.165, 1.54) is 4.90 Å². The Labute approximate surface area is 145 Å². The summed E-state index contributed by atoms with van der Waals surface area (Å²) in [4.78, 5) is 37.7. The summed E-state index contributed by atoms with van der Waals surface area (Å²) in [6.07, 6.45) is 1.55. The summed E-state index contributed by atoms with van der Waals surface area (Å²) in [6.45, 7) is 14.8. The molecule has 0 saturated carbocycles. The second-order valence-electron chi connectivity index (χ2n) is 7.64. The molecule has 0 N–H and O–H groups in total. The van der Waals surface area contributed by atoms with Gasteiger partial charge in [0.25, 0.3) is 0 Å². The number of ether oxygens (including phenoxy) is 2. The van der Waals surface area contributed by atoms with Crippen molar-refractivity contribution >= 4 is 18.0 Å². The molecule has 1 atom stereocenters. The van der Waals surface area contributed by atoms with Gasteiger partial charge in [-0.2, -0.15) is 0 Å². The largest absolute Gasteiger partial charge is 0.444 e. The molecule has 0 aromatic rings. The van der Waals surface area contributed by atoms with Gasteiger partial charge in [0.2, 0.25) is 0 Å². The molecular formula is C18H33NO5. The fourth-order valence-corrected chi connectivity index (χ4v) is 2.03. The minimum atomic E-state index is -0.763. The molecular weight excluding hydrogens is 310 g/mol. The van der Waals surface area contributed by atoms with Crippen LogP contribution in [-0.4, -0.2) is 41.1 Å². The molecule has 6 nitrogen and oxygen atoms in total. The molecule has 1 saturated heterocycles. The Morgan fingerprint density at radius 1 is 0.958 bits per heavy atom. The van der Waals surface area contributed by atoms with Crippen molar-refractivity contribution in [2.45, 2.75) is 86.3 Å². The standard InChI is InChI=1S/C16H27NO5.C2H6/c1-15(2,3)13(19)21-12(18)11-9-7-8-10-17(11)14(20)22-16(4,5)6;1-2/h11H,7-10H2,1-6H3;1-2H3. The monoisotopic (exact) mass is 343 g/mol. The van der Waals surface area contributed by atoms with E-state index in [0.717, 1.165) is 12.8 Å². The van der Waals surface area contributed by atoms with Crippen LogP contribution in [0.15, 0.2) is 0 Å². The van der Waals surface area contributed by atoms with Gasteiger partial charge in [0.05, 0.1) is 5.41 Å². The van der Waals surface area contributed by atoms with Crippen molar-refractivity contribution in [3.05, 3.63) is 0 Å². The van der Waals surface area contributed by atoms with Gasteiger partial charge in [0.1, 0.15) is 11.6 Å². The maximum Gasteiger partial charge on any atom is 0.411 e. The SMILES string of the molecule is CC.CC(C)(C)OC(=O)N1CCCCC1C(=O)OC(=O)C(C)(C)C. The fraction of sp³-hybridized carbons (Fsp3) is 0.833. The number of amides is 1. The van der Waals surface area contributed by atoms with Crippen LogP contribution in [0.1, 0.15) is 74.7 Å². The lowest BCUT2D eigenvalue weighted by Crippen LogP contribution is -2.51. The highest BCUT2D eigenvalue weighted by Gasteiger charge is 2.38. The molecule has 1 unspecified atom stereocenters. The molecule has 1 aliphatic heterocycles. The summed E-state index contributed by atoms with van der Waals surface area (Å²) in [7, 11) is 0. The Hall–Kier alpha value is -1.59.